The van der Waals surface area contributed by atoms with E-state index < -0.39 is 0 Å². The van der Waals surface area contributed by atoms with E-state index in [-0.39, 0.29) is 6.03 Å². The van der Waals surface area contributed by atoms with Crippen LogP contribution in [0.5, 0.6) is 0 Å². The standard InChI is InChI=1S/C12H25N3O/c1-10(2)11-4-7-15(8-5-11)12(16)14(3)9-6-13/h10-11H,4-9,13H2,1-3H3. The minimum Gasteiger partial charge on any atom is -0.329 e. The summed E-state index contributed by atoms with van der Waals surface area (Å²) >= 11 is 0. The number of nitrogens with zero attached hydrogens (tertiary/aromatic N) is 2. The van der Waals surface area contributed by atoms with Crippen molar-refractivity contribution in [3.63, 3.8) is 0 Å². The molecular weight excluding hydrogens is 202 g/mol. The van der Waals surface area contributed by atoms with E-state index in [0.29, 0.717) is 13.1 Å². The summed E-state index contributed by atoms with van der Waals surface area (Å²) in [6, 6.07) is 0.132. The van der Waals surface area contributed by atoms with Crippen LogP contribution in [-0.4, -0.2) is 49.1 Å². The van der Waals surface area contributed by atoms with Gasteiger partial charge < -0.3 is 15.5 Å². The highest BCUT2D eigenvalue weighted by Gasteiger charge is 2.25. The summed E-state index contributed by atoms with van der Waals surface area (Å²) in [6.07, 6.45) is 2.28. The molecule has 1 aliphatic rings. The molecule has 1 fully saturated rings. The second-order valence-corrected chi connectivity index (χ2v) is 5.06. The van der Waals surface area contributed by atoms with Gasteiger partial charge in [0, 0.05) is 33.2 Å². The molecule has 1 rings (SSSR count). The first-order valence-corrected chi connectivity index (χ1v) is 6.26. The summed E-state index contributed by atoms with van der Waals surface area (Å²) in [7, 11) is 1.82. The quantitative estimate of drug-likeness (QED) is 0.791. The Morgan fingerprint density at radius 1 is 1.44 bits per heavy atom. The van der Waals surface area contributed by atoms with Crippen LogP contribution >= 0.6 is 0 Å². The predicted octanol–water partition coefficient (Wildman–Crippen LogP) is 1.36. The number of rotatable bonds is 3. The fourth-order valence-corrected chi connectivity index (χ4v) is 2.29. The smallest absolute Gasteiger partial charge is 0.319 e. The van der Waals surface area contributed by atoms with E-state index >= 15 is 0 Å². The third kappa shape index (κ3) is 3.37. The van der Waals surface area contributed by atoms with Gasteiger partial charge in [0.25, 0.3) is 0 Å². The van der Waals surface area contributed by atoms with Gasteiger partial charge >= 0.3 is 6.03 Å². The molecule has 0 aliphatic carbocycles. The molecule has 4 heteroatoms. The number of likely N-dealkylation sites (N-methyl/N-ethyl adjacent to an activating group) is 1. The molecule has 94 valence electrons. The lowest BCUT2D eigenvalue weighted by Gasteiger charge is -2.35. The number of hydrogen-bond donors (Lipinski definition) is 1. The molecule has 0 aromatic heterocycles. The molecule has 1 aliphatic heterocycles. The van der Waals surface area contributed by atoms with Crippen LogP contribution in [0.25, 0.3) is 0 Å². The van der Waals surface area contributed by atoms with Gasteiger partial charge in [0.15, 0.2) is 0 Å². The summed E-state index contributed by atoms with van der Waals surface area (Å²) in [6.45, 7) is 7.51. The molecule has 0 unspecified atom stereocenters. The van der Waals surface area contributed by atoms with Crippen molar-refractivity contribution < 1.29 is 4.79 Å². The second kappa shape index (κ2) is 6.09. The van der Waals surface area contributed by atoms with E-state index in [1.165, 1.54) is 0 Å². The van der Waals surface area contributed by atoms with Crippen LogP contribution in [0.2, 0.25) is 0 Å². The molecule has 0 aromatic rings. The van der Waals surface area contributed by atoms with Crippen LogP contribution in [0, 0.1) is 11.8 Å². The number of piperidine rings is 1. The molecular formula is C12H25N3O. The Bertz CT molecular complexity index is 222. The van der Waals surface area contributed by atoms with Gasteiger partial charge in [-0.25, -0.2) is 4.79 Å². The second-order valence-electron chi connectivity index (χ2n) is 5.06. The number of nitrogens with two attached hydrogens (primary N) is 1. The molecule has 16 heavy (non-hydrogen) atoms. The zero-order chi connectivity index (χ0) is 12.1. The third-order valence-electron chi connectivity index (χ3n) is 3.54. The Balaban J connectivity index is 2.38. The zero-order valence-electron chi connectivity index (χ0n) is 10.8. The van der Waals surface area contributed by atoms with Crippen molar-refractivity contribution in [1.82, 2.24) is 9.80 Å². The van der Waals surface area contributed by atoms with Crippen LogP contribution < -0.4 is 5.73 Å². The molecule has 0 saturated carbocycles. The number of hydrogen-bond acceptors (Lipinski definition) is 2. The van der Waals surface area contributed by atoms with Gasteiger partial charge in [-0.3, -0.25) is 0 Å². The molecule has 0 radical (unpaired) electrons. The van der Waals surface area contributed by atoms with Crippen LogP contribution in [0.1, 0.15) is 26.7 Å². The maximum absolute atomic E-state index is 12.0. The Morgan fingerprint density at radius 3 is 2.44 bits per heavy atom. The Kier molecular flexibility index (Phi) is 5.06. The van der Waals surface area contributed by atoms with Crippen molar-refractivity contribution in [2.24, 2.45) is 17.6 Å². The summed E-state index contributed by atoms with van der Waals surface area (Å²) in [5.41, 5.74) is 5.45. The fourth-order valence-electron chi connectivity index (χ4n) is 2.29. The van der Waals surface area contributed by atoms with Gasteiger partial charge in [0.05, 0.1) is 0 Å². The first-order chi connectivity index (χ1) is 7.56. The lowest BCUT2D eigenvalue weighted by atomic mass is 9.87. The lowest BCUT2D eigenvalue weighted by molar-refractivity contribution is 0.132. The highest BCUT2D eigenvalue weighted by Crippen LogP contribution is 2.24. The minimum absolute atomic E-state index is 0.132. The van der Waals surface area contributed by atoms with Crippen molar-refractivity contribution in [1.29, 1.82) is 0 Å². The van der Waals surface area contributed by atoms with E-state index in [1.807, 2.05) is 11.9 Å². The lowest BCUT2D eigenvalue weighted by Crippen LogP contribution is -2.46. The average molecular weight is 227 g/mol. The van der Waals surface area contributed by atoms with Crippen molar-refractivity contribution in [3.05, 3.63) is 0 Å². The first-order valence-electron chi connectivity index (χ1n) is 6.26. The number of amides is 2. The van der Waals surface area contributed by atoms with Crippen LogP contribution in [0.4, 0.5) is 4.79 Å². The van der Waals surface area contributed by atoms with Gasteiger partial charge in [-0.1, -0.05) is 13.8 Å². The SMILES string of the molecule is CC(C)C1CCN(C(=O)N(C)CCN)CC1. The number of carbonyl (C=O) groups excluding carboxylic acids is 1. The first kappa shape index (κ1) is 13.3. The third-order valence-corrected chi connectivity index (χ3v) is 3.54. The topological polar surface area (TPSA) is 49.6 Å². The molecule has 2 N–H and O–H groups in total. The van der Waals surface area contributed by atoms with Crippen molar-refractivity contribution in [2.45, 2.75) is 26.7 Å². The Morgan fingerprint density at radius 2 is 2.00 bits per heavy atom. The van der Waals surface area contributed by atoms with Crippen LogP contribution in [0.3, 0.4) is 0 Å². The molecule has 0 atom stereocenters. The summed E-state index contributed by atoms with van der Waals surface area (Å²) in [5.74, 6) is 1.52. The molecule has 2 amide bonds. The monoisotopic (exact) mass is 227 g/mol. The molecule has 4 nitrogen and oxygen atoms in total. The van der Waals surface area contributed by atoms with E-state index in [2.05, 4.69) is 13.8 Å². The van der Waals surface area contributed by atoms with Gasteiger partial charge in [-0.05, 0) is 24.7 Å². The predicted molar refractivity (Wildman–Crippen MR) is 66.2 cm³/mol. The fraction of sp³-hybridized carbons (Fsp3) is 0.917. The molecule has 0 bridgehead atoms. The average Bonchev–Trinajstić information content (AvgIpc) is 2.28. The molecule has 1 heterocycles. The highest BCUT2D eigenvalue weighted by molar-refractivity contribution is 5.74. The summed E-state index contributed by atoms with van der Waals surface area (Å²) in [4.78, 5) is 15.6. The van der Waals surface area contributed by atoms with E-state index in [1.54, 1.807) is 4.90 Å². The van der Waals surface area contributed by atoms with Gasteiger partial charge in [-0.15, -0.1) is 0 Å². The summed E-state index contributed by atoms with van der Waals surface area (Å²) in [5, 5.41) is 0. The Labute approximate surface area is 98.8 Å². The van der Waals surface area contributed by atoms with E-state index in [4.69, 9.17) is 5.73 Å². The maximum atomic E-state index is 12.0. The van der Waals surface area contributed by atoms with Crippen molar-refractivity contribution >= 4 is 6.03 Å². The Hall–Kier alpha value is -0.770. The highest BCUT2D eigenvalue weighted by atomic mass is 16.2. The summed E-state index contributed by atoms with van der Waals surface area (Å²) < 4.78 is 0. The zero-order valence-corrected chi connectivity index (χ0v) is 10.8. The van der Waals surface area contributed by atoms with Crippen molar-refractivity contribution in [3.8, 4) is 0 Å². The van der Waals surface area contributed by atoms with Gasteiger partial charge in [0.2, 0.25) is 0 Å². The number of urea groups is 1. The normalized spacial score (nSPS) is 17.9. The van der Waals surface area contributed by atoms with Gasteiger partial charge in [0.1, 0.15) is 0 Å². The van der Waals surface area contributed by atoms with Crippen LogP contribution in [0.15, 0.2) is 0 Å². The number of likely N-dealkylation sites (tertiary alicyclic amines) is 1. The minimum atomic E-state index is 0.132. The van der Waals surface area contributed by atoms with Crippen molar-refractivity contribution in [2.75, 3.05) is 33.2 Å². The molecule has 1 saturated heterocycles. The largest absolute Gasteiger partial charge is 0.329 e. The van der Waals surface area contributed by atoms with Gasteiger partial charge in [-0.2, -0.15) is 0 Å². The van der Waals surface area contributed by atoms with E-state index in [9.17, 15) is 4.79 Å². The maximum Gasteiger partial charge on any atom is 0.319 e. The number of carbonyl (C=O) groups is 1. The van der Waals surface area contributed by atoms with E-state index in [0.717, 1.165) is 37.8 Å². The van der Waals surface area contributed by atoms with Crippen LogP contribution in [-0.2, 0) is 0 Å². The molecule has 0 aromatic carbocycles. The molecule has 0 spiro atoms.